The van der Waals surface area contributed by atoms with Crippen LogP contribution in [0.3, 0.4) is 0 Å². The number of ether oxygens (including phenoxy) is 3. The zero-order valence-corrected chi connectivity index (χ0v) is 19.7. The van der Waals surface area contributed by atoms with Gasteiger partial charge < -0.3 is 19.5 Å². The van der Waals surface area contributed by atoms with E-state index in [1.807, 2.05) is 44.3 Å². The Hall–Kier alpha value is -2.34. The highest BCUT2D eigenvalue weighted by atomic mass is 16.5. The molecule has 0 radical (unpaired) electrons. The van der Waals surface area contributed by atoms with Crippen LogP contribution in [-0.2, 0) is 4.74 Å². The van der Waals surface area contributed by atoms with Crippen LogP contribution < -0.4 is 14.8 Å². The molecule has 0 amide bonds. The first kappa shape index (κ1) is 22.8. The van der Waals surface area contributed by atoms with E-state index in [-0.39, 0.29) is 6.10 Å². The number of benzene rings is 1. The summed E-state index contributed by atoms with van der Waals surface area (Å²) in [5, 5.41) is 3.55. The topological polar surface area (TPSA) is 65.5 Å². The zero-order chi connectivity index (χ0) is 22.3. The van der Waals surface area contributed by atoms with Gasteiger partial charge in [-0.15, -0.1) is 0 Å². The fourth-order valence-electron chi connectivity index (χ4n) is 4.43. The first-order valence-corrected chi connectivity index (χ1v) is 12.2. The molecule has 0 spiro atoms. The lowest BCUT2D eigenvalue weighted by molar-refractivity contribution is 0.0491. The average Bonchev–Trinajstić information content (AvgIpc) is 2.80. The first-order valence-electron chi connectivity index (χ1n) is 12.2. The fourth-order valence-corrected chi connectivity index (χ4v) is 4.43. The maximum atomic E-state index is 6.29. The third-order valence-corrected chi connectivity index (χ3v) is 6.44. The second-order valence-corrected chi connectivity index (χ2v) is 9.57. The molecule has 0 bridgehead atoms. The Morgan fingerprint density at radius 2 is 1.75 bits per heavy atom. The average molecular weight is 440 g/mol. The maximum absolute atomic E-state index is 6.29. The molecular formula is C26H37N3O3. The number of aromatic nitrogens is 2. The van der Waals surface area contributed by atoms with Crippen molar-refractivity contribution >= 4 is 5.95 Å². The second kappa shape index (κ2) is 11.0. The van der Waals surface area contributed by atoms with Crippen LogP contribution in [0.15, 0.2) is 30.5 Å². The largest absolute Gasteiger partial charge is 0.491 e. The van der Waals surface area contributed by atoms with Crippen LogP contribution in [0.1, 0.15) is 59.3 Å². The molecule has 1 aliphatic heterocycles. The van der Waals surface area contributed by atoms with E-state index in [9.17, 15) is 0 Å². The number of nitrogens with one attached hydrogen (secondary N) is 1. The first-order chi connectivity index (χ1) is 15.6. The van der Waals surface area contributed by atoms with Crippen LogP contribution >= 0.6 is 0 Å². The number of anilines is 1. The summed E-state index contributed by atoms with van der Waals surface area (Å²) in [6.45, 7) is 8.68. The summed E-state index contributed by atoms with van der Waals surface area (Å²) in [5.74, 6) is 3.49. The van der Waals surface area contributed by atoms with Gasteiger partial charge in [0.15, 0.2) is 0 Å². The molecule has 1 aromatic carbocycles. The van der Waals surface area contributed by atoms with Crippen LogP contribution in [0.25, 0.3) is 11.1 Å². The van der Waals surface area contributed by atoms with E-state index in [1.165, 1.54) is 25.7 Å². The summed E-state index contributed by atoms with van der Waals surface area (Å²) in [6.07, 6.45) is 8.96. The fraction of sp³-hybridized carbons (Fsp3) is 0.615. The van der Waals surface area contributed by atoms with E-state index in [0.29, 0.717) is 30.4 Å². The zero-order valence-electron chi connectivity index (χ0n) is 19.7. The summed E-state index contributed by atoms with van der Waals surface area (Å²) in [4.78, 5) is 9.45. The molecule has 0 unspecified atom stereocenters. The Labute approximate surface area is 192 Å². The van der Waals surface area contributed by atoms with E-state index in [1.54, 1.807) is 0 Å². The Kier molecular flexibility index (Phi) is 7.85. The summed E-state index contributed by atoms with van der Waals surface area (Å²) >= 11 is 0. The minimum Gasteiger partial charge on any atom is -0.491 e. The van der Waals surface area contributed by atoms with Gasteiger partial charge in [0.1, 0.15) is 5.75 Å². The Morgan fingerprint density at radius 1 is 1.03 bits per heavy atom. The van der Waals surface area contributed by atoms with Gasteiger partial charge in [0, 0.05) is 25.5 Å². The molecule has 1 aromatic heterocycles. The lowest BCUT2D eigenvalue weighted by Gasteiger charge is -2.27. The molecule has 4 rings (SSSR count). The molecule has 174 valence electrons. The van der Waals surface area contributed by atoms with Gasteiger partial charge >= 0.3 is 0 Å². The van der Waals surface area contributed by atoms with Gasteiger partial charge in [0.2, 0.25) is 11.8 Å². The van der Waals surface area contributed by atoms with Gasteiger partial charge in [-0.1, -0.05) is 19.1 Å². The normalized spacial score (nSPS) is 22.0. The summed E-state index contributed by atoms with van der Waals surface area (Å²) < 4.78 is 17.6. The molecule has 2 heterocycles. The monoisotopic (exact) mass is 439 g/mol. The molecule has 2 aliphatic rings. The van der Waals surface area contributed by atoms with E-state index in [0.717, 1.165) is 48.8 Å². The van der Waals surface area contributed by atoms with Gasteiger partial charge in [-0.2, -0.15) is 4.98 Å². The molecule has 1 N–H and O–H groups in total. The van der Waals surface area contributed by atoms with Crippen molar-refractivity contribution in [3.05, 3.63) is 30.5 Å². The van der Waals surface area contributed by atoms with Crippen molar-refractivity contribution in [1.82, 2.24) is 9.97 Å². The van der Waals surface area contributed by atoms with Crippen molar-refractivity contribution < 1.29 is 14.2 Å². The van der Waals surface area contributed by atoms with Crippen molar-refractivity contribution in [2.24, 2.45) is 11.8 Å². The van der Waals surface area contributed by atoms with Crippen LogP contribution in [0.4, 0.5) is 5.95 Å². The van der Waals surface area contributed by atoms with Crippen LogP contribution in [-0.4, -0.2) is 41.9 Å². The van der Waals surface area contributed by atoms with Crippen LogP contribution in [0.5, 0.6) is 11.6 Å². The standard InChI is InChI=1S/C26H37N3O3/c1-18(2)32-23-10-6-21(7-11-23)24-16-27-26(28-22-8-4-19(3)5-9-22)29-25(24)31-17-20-12-14-30-15-13-20/h6-7,10-11,16,18-20,22H,4-5,8-9,12-15,17H2,1-3H3,(H,27,28,29)/t19-,22-. The molecule has 32 heavy (non-hydrogen) atoms. The highest BCUT2D eigenvalue weighted by molar-refractivity contribution is 5.69. The quantitative estimate of drug-likeness (QED) is 0.567. The number of hydrogen-bond acceptors (Lipinski definition) is 6. The van der Waals surface area contributed by atoms with Crippen molar-refractivity contribution in [2.45, 2.75) is 71.4 Å². The third kappa shape index (κ3) is 6.35. The maximum Gasteiger partial charge on any atom is 0.226 e. The predicted molar refractivity (Wildman–Crippen MR) is 127 cm³/mol. The molecule has 0 atom stereocenters. The van der Waals surface area contributed by atoms with Gasteiger partial charge in [0.05, 0.1) is 18.3 Å². The minimum absolute atomic E-state index is 0.149. The van der Waals surface area contributed by atoms with E-state index in [4.69, 9.17) is 19.2 Å². The van der Waals surface area contributed by atoms with E-state index >= 15 is 0 Å². The summed E-state index contributed by atoms with van der Waals surface area (Å²) in [7, 11) is 0. The van der Waals surface area contributed by atoms with Crippen LogP contribution in [0.2, 0.25) is 0 Å². The predicted octanol–water partition coefficient (Wildman–Crippen LogP) is 5.73. The van der Waals surface area contributed by atoms with Gasteiger partial charge in [-0.05, 0) is 81.9 Å². The molecule has 6 nitrogen and oxygen atoms in total. The molecule has 1 aliphatic carbocycles. The summed E-state index contributed by atoms with van der Waals surface area (Å²) in [6, 6.07) is 8.52. The number of nitrogens with zero attached hydrogens (tertiary/aromatic N) is 2. The Morgan fingerprint density at radius 3 is 2.44 bits per heavy atom. The van der Waals surface area contributed by atoms with E-state index in [2.05, 4.69) is 17.2 Å². The van der Waals surface area contributed by atoms with Gasteiger partial charge in [-0.3, -0.25) is 0 Å². The van der Waals surface area contributed by atoms with Crippen molar-refractivity contribution in [1.29, 1.82) is 0 Å². The summed E-state index contributed by atoms with van der Waals surface area (Å²) in [5.41, 5.74) is 1.94. The molecule has 1 saturated carbocycles. The van der Waals surface area contributed by atoms with Crippen molar-refractivity contribution in [2.75, 3.05) is 25.1 Å². The van der Waals surface area contributed by atoms with Crippen molar-refractivity contribution in [3.8, 4) is 22.8 Å². The number of rotatable bonds is 8. The lowest BCUT2D eigenvalue weighted by Crippen LogP contribution is -2.26. The highest BCUT2D eigenvalue weighted by Gasteiger charge is 2.21. The lowest BCUT2D eigenvalue weighted by atomic mass is 9.87. The highest BCUT2D eigenvalue weighted by Crippen LogP contribution is 2.32. The minimum atomic E-state index is 0.149. The third-order valence-electron chi connectivity index (χ3n) is 6.44. The molecule has 2 fully saturated rings. The second-order valence-electron chi connectivity index (χ2n) is 9.57. The Balaban J connectivity index is 1.52. The van der Waals surface area contributed by atoms with Crippen LogP contribution in [0, 0.1) is 11.8 Å². The Bertz CT molecular complexity index is 842. The number of hydrogen-bond donors (Lipinski definition) is 1. The molecular weight excluding hydrogens is 402 g/mol. The van der Waals surface area contributed by atoms with Crippen molar-refractivity contribution in [3.63, 3.8) is 0 Å². The smallest absolute Gasteiger partial charge is 0.226 e. The van der Waals surface area contributed by atoms with Gasteiger partial charge in [-0.25, -0.2) is 4.98 Å². The van der Waals surface area contributed by atoms with Gasteiger partial charge in [0.25, 0.3) is 0 Å². The molecule has 6 heteroatoms. The van der Waals surface area contributed by atoms with E-state index < -0.39 is 0 Å². The molecule has 1 saturated heterocycles. The SMILES string of the molecule is CC(C)Oc1ccc(-c2cnc(N[C@H]3CC[C@H](C)CC3)nc2OCC2CCOCC2)cc1. The molecule has 2 aromatic rings.